The Labute approximate surface area is 320 Å². The third kappa shape index (κ3) is 11.7. The quantitative estimate of drug-likeness (QED) is 0.114. The van der Waals surface area contributed by atoms with E-state index >= 15 is 0 Å². The number of hydrogen-bond donors (Lipinski definition) is 6. The zero-order chi connectivity index (χ0) is 40.0. The van der Waals surface area contributed by atoms with Crippen molar-refractivity contribution in [2.75, 3.05) is 27.2 Å². The van der Waals surface area contributed by atoms with Gasteiger partial charge in [0.05, 0.1) is 35.9 Å². The minimum absolute atomic E-state index is 0.00472. The number of nitrogens with one attached hydrogen (secondary N) is 1. The fourth-order valence-electron chi connectivity index (χ4n) is 9.72. The molecule has 8 N–H and O–H groups in total. The Bertz CT molecular complexity index is 1160. The molecule has 0 aliphatic carbocycles. The van der Waals surface area contributed by atoms with Crippen molar-refractivity contribution in [3.63, 3.8) is 0 Å². The first kappa shape index (κ1) is 45.8. The molecule has 3 aliphatic heterocycles. The van der Waals surface area contributed by atoms with Crippen molar-refractivity contribution < 1.29 is 39.1 Å². The molecule has 0 bridgehead atoms. The lowest BCUT2D eigenvalue weighted by molar-refractivity contribution is -0.269. The summed E-state index contributed by atoms with van der Waals surface area (Å²) in [6, 6.07) is -0.316. The van der Waals surface area contributed by atoms with Crippen LogP contribution in [0.5, 0.6) is 0 Å². The van der Waals surface area contributed by atoms with Gasteiger partial charge in [-0.15, -0.1) is 0 Å². The van der Waals surface area contributed by atoms with E-state index in [0.717, 1.165) is 31.5 Å². The standard InChI is InChI=1S/C40H77N5O8/c1-13-33-40(10,49)36(46)29(8)45(12)22-24(3)20-39(9,48)37(27(6)35(28(7)38(47)52-33)32-17-23(2)16-25(4)50-32)53-34-19-31(18-26(5)51-34)44(11)15-14-30(21-41)43-42/h21,23-29,31-37,43,46,48-49H,13-20,22,41-42H2,1-12H3/b30-21-/t23-,24-,25+,26-,27+,28-,29-,31+,32-,33-,34+,35?,36-,37-,39-,40-/m1/s1. The maximum atomic E-state index is 14.3. The number of rotatable bonds is 9. The van der Waals surface area contributed by atoms with Crippen LogP contribution < -0.4 is 17.0 Å². The fourth-order valence-corrected chi connectivity index (χ4v) is 9.72. The van der Waals surface area contributed by atoms with Crippen LogP contribution in [0.15, 0.2) is 11.9 Å². The van der Waals surface area contributed by atoms with Gasteiger partial charge in [0.2, 0.25) is 0 Å². The Morgan fingerprint density at radius 3 is 2.26 bits per heavy atom. The Morgan fingerprint density at radius 1 is 1.04 bits per heavy atom. The number of hydrazine groups is 1. The first-order valence-electron chi connectivity index (χ1n) is 20.2. The van der Waals surface area contributed by atoms with Crippen molar-refractivity contribution in [1.82, 2.24) is 15.2 Å². The van der Waals surface area contributed by atoms with E-state index in [1.54, 1.807) is 6.92 Å². The number of carbonyl (C=O) groups excluding carboxylic acids is 1. The SMILES string of the molecule is CC[C@H]1OC(=O)[C@H](C)C([C@H]2C[C@H](C)C[C@H](C)O2)[C@H](C)[C@@H](O[C@H]2C[C@@H](N(C)CC/C(=C/N)NN)C[C@@H](C)O2)[C@](C)(O)C[C@@H](C)CN(C)[C@H](C)[C@@H](O)[C@]1(C)O. The molecule has 13 heteroatoms. The van der Waals surface area contributed by atoms with Crippen molar-refractivity contribution in [1.29, 1.82) is 0 Å². The Balaban J connectivity index is 2.09. The number of aliphatic hydroxyl groups excluding tert-OH is 1. The molecule has 0 radical (unpaired) electrons. The molecule has 0 aromatic rings. The second-order valence-electron chi connectivity index (χ2n) is 17.8. The molecule has 0 saturated carbocycles. The van der Waals surface area contributed by atoms with Gasteiger partial charge in [0.15, 0.2) is 6.29 Å². The van der Waals surface area contributed by atoms with E-state index in [9.17, 15) is 20.1 Å². The number of nitrogens with zero attached hydrogens (tertiary/aromatic N) is 2. The summed E-state index contributed by atoms with van der Waals surface area (Å²) in [4.78, 5) is 18.6. The maximum Gasteiger partial charge on any atom is 0.309 e. The number of cyclic esters (lactones) is 1. The first-order valence-corrected chi connectivity index (χ1v) is 20.2. The maximum absolute atomic E-state index is 14.3. The van der Waals surface area contributed by atoms with E-state index in [1.807, 2.05) is 46.6 Å². The summed E-state index contributed by atoms with van der Waals surface area (Å²) in [6.45, 7) is 20.7. The van der Waals surface area contributed by atoms with Gasteiger partial charge in [-0.25, -0.2) is 0 Å². The topological polar surface area (TPSA) is 185 Å². The minimum Gasteiger partial charge on any atom is -0.459 e. The number of carbonyl (C=O) groups is 1. The van der Waals surface area contributed by atoms with Gasteiger partial charge in [-0.05, 0) is 98.6 Å². The van der Waals surface area contributed by atoms with Crippen LogP contribution in [0.3, 0.4) is 0 Å². The van der Waals surface area contributed by atoms with Crippen molar-refractivity contribution in [2.45, 2.75) is 180 Å². The van der Waals surface area contributed by atoms with Gasteiger partial charge in [0.25, 0.3) is 0 Å². The first-order chi connectivity index (χ1) is 24.7. The largest absolute Gasteiger partial charge is 0.459 e. The van der Waals surface area contributed by atoms with Crippen LogP contribution in [0.25, 0.3) is 0 Å². The van der Waals surface area contributed by atoms with Gasteiger partial charge in [0.1, 0.15) is 17.8 Å². The highest BCUT2D eigenvalue weighted by atomic mass is 16.7. The van der Waals surface area contributed by atoms with Gasteiger partial charge in [-0.3, -0.25) is 10.6 Å². The molecule has 0 amide bonds. The molecule has 3 rings (SSSR count). The second kappa shape index (κ2) is 19.5. The van der Waals surface area contributed by atoms with Crippen LogP contribution in [0.4, 0.5) is 0 Å². The molecule has 1 unspecified atom stereocenters. The van der Waals surface area contributed by atoms with E-state index in [0.29, 0.717) is 38.1 Å². The average molecular weight is 756 g/mol. The zero-order valence-electron chi connectivity index (χ0n) is 35.0. The van der Waals surface area contributed by atoms with E-state index < -0.39 is 59.7 Å². The van der Waals surface area contributed by atoms with Gasteiger partial charge in [0, 0.05) is 55.8 Å². The molecular formula is C40H77N5O8. The van der Waals surface area contributed by atoms with E-state index in [2.05, 4.69) is 45.1 Å². The molecule has 3 aliphatic rings. The smallest absolute Gasteiger partial charge is 0.309 e. The molecule has 53 heavy (non-hydrogen) atoms. The van der Waals surface area contributed by atoms with E-state index in [-0.39, 0.29) is 36.2 Å². The molecule has 13 nitrogen and oxygen atoms in total. The molecule has 3 heterocycles. The van der Waals surface area contributed by atoms with Crippen molar-refractivity contribution >= 4 is 5.97 Å². The molecular weight excluding hydrogens is 678 g/mol. The molecule has 310 valence electrons. The summed E-state index contributed by atoms with van der Waals surface area (Å²) in [7, 11) is 3.98. The molecule has 0 aromatic heterocycles. The normalized spacial score (nSPS) is 44.9. The summed E-state index contributed by atoms with van der Waals surface area (Å²) in [5.74, 6) is 4.06. The van der Waals surface area contributed by atoms with Crippen LogP contribution in [0, 0.1) is 29.6 Å². The molecule has 0 aromatic carbocycles. The average Bonchev–Trinajstić information content (AvgIpc) is 3.07. The van der Waals surface area contributed by atoms with Gasteiger partial charge in [-0.2, -0.15) is 0 Å². The van der Waals surface area contributed by atoms with Gasteiger partial charge < -0.3 is 55.2 Å². The lowest BCUT2D eigenvalue weighted by Gasteiger charge is -2.48. The molecule has 16 atom stereocenters. The lowest BCUT2D eigenvalue weighted by Crippen LogP contribution is -2.59. The fraction of sp³-hybridized carbons (Fsp3) is 0.925. The van der Waals surface area contributed by atoms with Crippen LogP contribution in [-0.2, 0) is 23.7 Å². The van der Waals surface area contributed by atoms with E-state index in [1.165, 1.54) is 6.20 Å². The highest BCUT2D eigenvalue weighted by molar-refractivity contribution is 5.73. The number of ether oxygens (including phenoxy) is 4. The molecule has 3 saturated heterocycles. The van der Waals surface area contributed by atoms with Crippen molar-refractivity contribution in [3.8, 4) is 0 Å². The summed E-state index contributed by atoms with van der Waals surface area (Å²) in [6.07, 6.45) is 2.06. The van der Waals surface area contributed by atoms with Crippen molar-refractivity contribution in [3.05, 3.63) is 11.9 Å². The van der Waals surface area contributed by atoms with Crippen molar-refractivity contribution in [2.24, 2.45) is 41.2 Å². The molecule has 0 spiro atoms. The second-order valence-corrected chi connectivity index (χ2v) is 17.8. The summed E-state index contributed by atoms with van der Waals surface area (Å²) in [5.41, 5.74) is 6.10. The minimum atomic E-state index is -1.70. The number of hydrogen-bond acceptors (Lipinski definition) is 13. The third-order valence-electron chi connectivity index (χ3n) is 12.7. The predicted molar refractivity (Wildman–Crippen MR) is 207 cm³/mol. The zero-order valence-corrected chi connectivity index (χ0v) is 35.0. The number of likely N-dealkylation sites (N-methyl/N-ethyl adjacent to an activating group) is 1. The number of esters is 1. The van der Waals surface area contributed by atoms with Crippen LogP contribution in [0.2, 0.25) is 0 Å². The number of aliphatic hydroxyl groups is 3. The Kier molecular flexibility index (Phi) is 16.9. The van der Waals surface area contributed by atoms with Gasteiger partial charge >= 0.3 is 5.97 Å². The van der Waals surface area contributed by atoms with E-state index in [4.69, 9.17) is 30.5 Å². The summed E-state index contributed by atoms with van der Waals surface area (Å²) in [5, 5.41) is 35.9. The third-order valence-corrected chi connectivity index (χ3v) is 12.7. The highest BCUT2D eigenvalue weighted by Gasteiger charge is 2.51. The van der Waals surface area contributed by atoms with Gasteiger partial charge in [-0.1, -0.05) is 34.6 Å². The van der Waals surface area contributed by atoms with Crippen LogP contribution in [0.1, 0.15) is 114 Å². The summed E-state index contributed by atoms with van der Waals surface area (Å²) >= 11 is 0. The van der Waals surface area contributed by atoms with Crippen LogP contribution >= 0.6 is 0 Å². The van der Waals surface area contributed by atoms with Crippen LogP contribution in [-0.4, -0.2) is 124 Å². The highest BCUT2D eigenvalue weighted by Crippen LogP contribution is 2.43. The molecule has 3 fully saturated rings. The summed E-state index contributed by atoms with van der Waals surface area (Å²) < 4.78 is 26.4. The monoisotopic (exact) mass is 756 g/mol. The Morgan fingerprint density at radius 2 is 1.68 bits per heavy atom. The number of nitrogens with two attached hydrogens (primary N) is 2. The predicted octanol–water partition coefficient (Wildman–Crippen LogP) is 3.49. The Hall–Kier alpha value is -1.55. The lowest BCUT2D eigenvalue weighted by atomic mass is 9.69.